The number of allylic oxidation sites excluding steroid dienone is 2. The Morgan fingerprint density at radius 2 is 1.22 bits per heavy atom. The van der Waals surface area contributed by atoms with Gasteiger partial charge in [-0.15, -0.1) is 0 Å². The number of carbonyl (C=O) groups excluding carboxylic acids is 3. The van der Waals surface area contributed by atoms with Crippen LogP contribution in [0.1, 0.15) is 120 Å². The minimum atomic E-state index is -2.32. The van der Waals surface area contributed by atoms with Crippen LogP contribution in [0.3, 0.4) is 0 Å². The van der Waals surface area contributed by atoms with Gasteiger partial charge >= 0.3 is 17.9 Å². The number of ether oxygens (including phenoxy) is 12. The summed E-state index contributed by atoms with van der Waals surface area (Å²) in [6.07, 6.45) is -44.3. The van der Waals surface area contributed by atoms with Crippen LogP contribution in [-0.4, -0.2) is 298 Å². The van der Waals surface area contributed by atoms with E-state index < -0.39 is 268 Å². The van der Waals surface area contributed by atoms with Gasteiger partial charge in [0.05, 0.1) is 69.3 Å². The Balaban J connectivity index is 0.966. The van der Waals surface area contributed by atoms with E-state index in [9.17, 15) is 91.3 Å². The molecule has 0 amide bonds. The van der Waals surface area contributed by atoms with Gasteiger partial charge in [-0.3, -0.25) is 14.4 Å². The lowest BCUT2D eigenvalue weighted by molar-refractivity contribution is -0.384. The summed E-state index contributed by atoms with van der Waals surface area (Å²) in [6.45, 7) is 11.1. The average Bonchev–Trinajstić information content (AvgIpc) is 0.670. The molecule has 542 valence electrons. The van der Waals surface area contributed by atoms with E-state index in [-0.39, 0.29) is 30.6 Å². The highest BCUT2D eigenvalue weighted by Crippen LogP contribution is 2.76. The summed E-state index contributed by atoms with van der Waals surface area (Å²) in [5.41, 5.74) is -7.04. The van der Waals surface area contributed by atoms with Gasteiger partial charge in [0.2, 0.25) is 6.29 Å². The number of rotatable bonds is 4. The molecule has 14 rings (SSSR count). The molecule has 12 bridgehead atoms. The second-order valence-electron chi connectivity index (χ2n) is 31.1. The molecule has 0 radical (unpaired) electrons. The molecule has 35 atom stereocenters. The molecule has 1 spiro atoms. The zero-order valence-corrected chi connectivity index (χ0v) is 54.7. The Bertz CT molecular complexity index is 2790. The van der Waals surface area contributed by atoms with Crippen LogP contribution in [0.15, 0.2) is 11.6 Å². The van der Waals surface area contributed by atoms with E-state index in [1.807, 2.05) is 0 Å². The second-order valence-corrected chi connectivity index (χ2v) is 31.1. The topological polar surface area (TPSA) is 486 Å². The molecule has 31 heteroatoms. The van der Waals surface area contributed by atoms with Crippen molar-refractivity contribution in [3.05, 3.63) is 11.6 Å². The molecule has 0 unspecified atom stereocenters. The molecular formula is C64H100O31. The van der Waals surface area contributed by atoms with Crippen LogP contribution in [0.25, 0.3) is 0 Å². The lowest BCUT2D eigenvalue weighted by Crippen LogP contribution is -2.71. The predicted molar refractivity (Wildman–Crippen MR) is 314 cm³/mol. The Morgan fingerprint density at radius 3 is 1.91 bits per heavy atom. The van der Waals surface area contributed by atoms with E-state index in [4.69, 9.17) is 56.8 Å². The van der Waals surface area contributed by atoms with Crippen LogP contribution >= 0.6 is 0 Å². The van der Waals surface area contributed by atoms with Crippen molar-refractivity contribution in [3.63, 3.8) is 0 Å². The largest absolute Gasteiger partial charge is 0.463 e. The first-order valence-electron chi connectivity index (χ1n) is 33.3. The first-order valence-corrected chi connectivity index (χ1v) is 33.3. The van der Waals surface area contributed by atoms with Gasteiger partial charge < -0.3 is 139 Å². The van der Waals surface area contributed by atoms with E-state index in [1.54, 1.807) is 6.92 Å². The van der Waals surface area contributed by atoms with Gasteiger partial charge in [0.25, 0.3) is 0 Å². The number of aliphatic hydroxyl groups excluding tert-OH is 15. The summed E-state index contributed by atoms with van der Waals surface area (Å²) >= 11 is 0. The molecule has 0 aromatic rings. The molecule has 0 aromatic carbocycles. The molecule has 5 aliphatic carbocycles. The molecule has 11 fully saturated rings. The SMILES string of the molecule is C[C@@H]1O[C@@H]2O[C@@H]3[C@H](OC[C@@H](O)[C@H]3O)OC(=O)[C@@]34CCC(C)(C)C[C@H]3C3=CC[C@@H]5[C@]6(C)C[C@H](O)[C@@H](O[C@@H]7O[C@H](CO)[C@@H](O)[C@@H](O)[C@H]7O[C@H]7O[C@H](COC(=O)C[C@@](C)(O)CC(=O)O[C@@H]1[C@@H](O[C@H]1OC[C@H](O)[C@H](O)[C@H]1O)[C@H]2O)[C@@H](O)[C@@H](O)[C@@H]7O)[C@](C)(CO)[C@@H]6CC[C@]5(C)[C@]3(C)C[C@H]4O. The van der Waals surface area contributed by atoms with Gasteiger partial charge in [-0.2, -0.15) is 0 Å². The number of hydrogen-bond acceptors (Lipinski definition) is 31. The summed E-state index contributed by atoms with van der Waals surface area (Å²) in [6, 6.07) is 0. The minimum Gasteiger partial charge on any atom is -0.463 e. The van der Waals surface area contributed by atoms with Crippen molar-refractivity contribution in [2.45, 2.75) is 285 Å². The lowest BCUT2D eigenvalue weighted by atomic mass is 9.33. The van der Waals surface area contributed by atoms with E-state index in [2.05, 4.69) is 40.7 Å². The fourth-order valence-electron chi connectivity index (χ4n) is 18.8. The van der Waals surface area contributed by atoms with Gasteiger partial charge in [-0.1, -0.05) is 53.2 Å². The van der Waals surface area contributed by atoms with Crippen molar-refractivity contribution < 1.29 is 153 Å². The number of esters is 3. The Hall–Kier alpha value is -2.85. The van der Waals surface area contributed by atoms with Crippen molar-refractivity contribution in [3.8, 4) is 0 Å². The normalized spacial score (nSPS) is 54.8. The molecular weight excluding hydrogens is 1260 g/mol. The summed E-state index contributed by atoms with van der Waals surface area (Å²) in [5, 5.41) is 183. The third-order valence-electron chi connectivity index (χ3n) is 24.3. The molecule has 16 N–H and O–H groups in total. The van der Waals surface area contributed by atoms with Gasteiger partial charge in [0.15, 0.2) is 37.4 Å². The zero-order chi connectivity index (χ0) is 69.4. The highest BCUT2D eigenvalue weighted by molar-refractivity contribution is 5.80. The Labute approximate surface area is 549 Å². The van der Waals surface area contributed by atoms with Crippen LogP contribution in [0.2, 0.25) is 0 Å². The van der Waals surface area contributed by atoms with Crippen molar-refractivity contribution >= 4 is 17.9 Å². The smallest absolute Gasteiger partial charge is 0.317 e. The predicted octanol–water partition coefficient (Wildman–Crippen LogP) is -4.34. The number of aliphatic hydroxyl groups is 16. The quantitative estimate of drug-likeness (QED) is 0.0547. The third kappa shape index (κ3) is 12.7. The van der Waals surface area contributed by atoms with Gasteiger partial charge in [0, 0.05) is 5.41 Å². The third-order valence-corrected chi connectivity index (χ3v) is 24.3. The van der Waals surface area contributed by atoms with E-state index in [0.717, 1.165) is 12.5 Å². The molecule has 9 aliphatic heterocycles. The summed E-state index contributed by atoms with van der Waals surface area (Å²) in [4.78, 5) is 43.1. The molecule has 95 heavy (non-hydrogen) atoms. The van der Waals surface area contributed by atoms with Crippen molar-refractivity contribution in [1.82, 2.24) is 0 Å². The van der Waals surface area contributed by atoms with Gasteiger partial charge in [0.1, 0.15) is 104 Å². The van der Waals surface area contributed by atoms with Crippen LogP contribution in [0.5, 0.6) is 0 Å². The van der Waals surface area contributed by atoms with Crippen LogP contribution in [-0.2, 0) is 71.2 Å². The fraction of sp³-hybridized carbons (Fsp3) is 0.922. The van der Waals surface area contributed by atoms with E-state index >= 15 is 4.79 Å². The molecule has 31 nitrogen and oxygen atoms in total. The zero-order valence-electron chi connectivity index (χ0n) is 54.7. The molecule has 0 aromatic heterocycles. The summed E-state index contributed by atoms with van der Waals surface area (Å²) in [5.74, 6) is -4.74. The van der Waals surface area contributed by atoms with Gasteiger partial charge in [-0.05, 0) is 105 Å². The highest BCUT2D eigenvalue weighted by atomic mass is 16.8. The van der Waals surface area contributed by atoms with Crippen molar-refractivity contribution in [2.24, 2.45) is 50.2 Å². The monoisotopic (exact) mass is 1360 g/mol. The maximum absolute atomic E-state index is 15.7. The van der Waals surface area contributed by atoms with Crippen molar-refractivity contribution in [2.75, 3.05) is 33.0 Å². The first-order chi connectivity index (χ1) is 44.4. The fourth-order valence-corrected chi connectivity index (χ4v) is 18.8. The lowest BCUT2D eigenvalue weighted by Gasteiger charge is -2.72. The minimum absolute atomic E-state index is 0.0545. The summed E-state index contributed by atoms with van der Waals surface area (Å²) in [7, 11) is 0. The Morgan fingerprint density at radius 1 is 0.568 bits per heavy atom. The summed E-state index contributed by atoms with van der Waals surface area (Å²) < 4.78 is 72.1. The molecule has 9 heterocycles. The van der Waals surface area contributed by atoms with Crippen LogP contribution in [0.4, 0.5) is 0 Å². The van der Waals surface area contributed by atoms with E-state index in [0.29, 0.717) is 32.1 Å². The second kappa shape index (κ2) is 26.8. The Kier molecular flexibility index (Phi) is 20.7. The van der Waals surface area contributed by atoms with Crippen LogP contribution < -0.4 is 0 Å². The standard InChI is InChI=1S/C64H100O31/c1-25-47-48(91-52-44(79)38(73)29(68)21-85-52)46(81)54(87-25)92-49-39(74)30(69)22-86-55(49)95-57(82)64-14-13-58(2,3)15-27(64)26-9-10-34-60(5)16-28(67)51(61(6,24-66)33(60)11-12-62(34,7)63(26,8)17-35(64)70)94-56-50(43(78)40(75)31(20-65)88-56)93-53-45(80)42(77)41(76)32(89-53)23-84-36(71)18-59(4,83)19-37(72)90-47/h9,25,27-35,38-56,65-70,73-81,83H,10-24H2,1-8H3/t25-,27-,28-,29-,30+,31+,32+,33+,34+,35+,38-,39+,40+,41+,42+,43+,44+,45-,46+,47-,48-,49-,50+,51+,52+,53+,54+,55+,56-,59+,60+,61+,62-,63+,64-/m0/s1. The first kappa shape index (κ1) is 73.4. The number of hydrogen-bond donors (Lipinski definition) is 16. The highest BCUT2D eigenvalue weighted by Gasteiger charge is 2.73. The van der Waals surface area contributed by atoms with Crippen molar-refractivity contribution in [1.29, 1.82) is 0 Å². The van der Waals surface area contributed by atoms with Gasteiger partial charge in [-0.25, -0.2) is 0 Å². The molecule has 4 saturated carbocycles. The van der Waals surface area contributed by atoms with E-state index in [1.165, 1.54) is 6.92 Å². The maximum atomic E-state index is 15.7. The maximum Gasteiger partial charge on any atom is 0.317 e. The average molecular weight is 1370 g/mol. The molecule has 7 saturated heterocycles. The molecule has 14 aliphatic rings. The number of carbonyl (C=O) groups is 3. The van der Waals surface area contributed by atoms with Crippen LogP contribution in [0, 0.1) is 50.2 Å².